The van der Waals surface area contributed by atoms with E-state index in [4.69, 9.17) is 0 Å². The molecular weight excluding hydrogens is 160 g/mol. The number of fused-ring (bicyclic) bond motifs is 1. The predicted molar refractivity (Wildman–Crippen MR) is 54.5 cm³/mol. The molecule has 0 saturated heterocycles. The smallest absolute Gasteiger partial charge is 0.0548 e. The lowest BCUT2D eigenvalue weighted by molar-refractivity contribution is -0.0360. The van der Waals surface area contributed by atoms with Crippen LogP contribution in [0.1, 0.15) is 52.4 Å². The molecule has 1 N–H and O–H groups in total. The molecule has 0 aromatic heterocycles. The van der Waals surface area contributed by atoms with Crippen molar-refractivity contribution in [1.29, 1.82) is 0 Å². The molecule has 2 aliphatic rings. The van der Waals surface area contributed by atoms with E-state index in [2.05, 4.69) is 13.8 Å². The van der Waals surface area contributed by atoms with Crippen LogP contribution in [0, 0.1) is 17.3 Å². The summed E-state index contributed by atoms with van der Waals surface area (Å²) in [6, 6.07) is 0. The van der Waals surface area contributed by atoms with Crippen molar-refractivity contribution >= 4 is 0 Å². The minimum atomic E-state index is -0.0191. The topological polar surface area (TPSA) is 20.2 Å². The quantitative estimate of drug-likeness (QED) is 0.610. The van der Waals surface area contributed by atoms with Crippen LogP contribution in [0.2, 0.25) is 0 Å². The molecule has 1 heteroatoms. The third-order valence-electron chi connectivity index (χ3n) is 4.25. The van der Waals surface area contributed by atoms with Crippen LogP contribution in [0.3, 0.4) is 0 Å². The molecule has 2 rings (SSSR count). The van der Waals surface area contributed by atoms with E-state index >= 15 is 0 Å². The highest BCUT2D eigenvalue weighted by Crippen LogP contribution is 2.50. The summed E-state index contributed by atoms with van der Waals surface area (Å²) in [6.07, 6.45) is 7.66. The van der Waals surface area contributed by atoms with Gasteiger partial charge in [0.05, 0.1) is 6.10 Å². The maximum absolute atomic E-state index is 9.78. The summed E-state index contributed by atoms with van der Waals surface area (Å²) in [4.78, 5) is 0. The van der Waals surface area contributed by atoms with E-state index in [0.29, 0.717) is 5.41 Å². The zero-order chi connectivity index (χ0) is 9.47. The first kappa shape index (κ1) is 9.51. The van der Waals surface area contributed by atoms with Crippen LogP contribution in [0.25, 0.3) is 0 Å². The van der Waals surface area contributed by atoms with Crippen molar-refractivity contribution < 1.29 is 5.11 Å². The average molecular weight is 182 g/mol. The minimum Gasteiger partial charge on any atom is -0.393 e. The molecule has 2 fully saturated rings. The normalized spacial score (nSPS) is 44.1. The van der Waals surface area contributed by atoms with Gasteiger partial charge in [0, 0.05) is 0 Å². The van der Waals surface area contributed by atoms with Crippen LogP contribution in [0.5, 0.6) is 0 Å². The van der Waals surface area contributed by atoms with Crippen molar-refractivity contribution in [2.75, 3.05) is 0 Å². The molecule has 0 aromatic carbocycles. The summed E-state index contributed by atoms with van der Waals surface area (Å²) in [5.74, 6) is 1.72. The summed E-state index contributed by atoms with van der Waals surface area (Å²) in [7, 11) is 0. The molecule has 0 spiro atoms. The summed E-state index contributed by atoms with van der Waals surface area (Å²) < 4.78 is 0. The van der Waals surface area contributed by atoms with Crippen molar-refractivity contribution in [3.8, 4) is 0 Å². The van der Waals surface area contributed by atoms with Gasteiger partial charge in [-0.25, -0.2) is 0 Å². The van der Waals surface area contributed by atoms with Crippen LogP contribution in [-0.4, -0.2) is 11.2 Å². The molecule has 0 radical (unpaired) electrons. The first-order chi connectivity index (χ1) is 6.09. The second-order valence-electron chi connectivity index (χ2n) is 5.73. The third-order valence-corrected chi connectivity index (χ3v) is 4.25. The van der Waals surface area contributed by atoms with Gasteiger partial charge in [-0.3, -0.25) is 0 Å². The lowest BCUT2D eigenvalue weighted by Crippen LogP contribution is -2.42. The van der Waals surface area contributed by atoms with Crippen LogP contribution < -0.4 is 0 Å². The van der Waals surface area contributed by atoms with Gasteiger partial charge in [0.25, 0.3) is 0 Å². The molecule has 0 bridgehead atoms. The Kier molecular flexibility index (Phi) is 2.39. The fourth-order valence-corrected chi connectivity index (χ4v) is 3.71. The number of aliphatic hydroxyl groups is 1. The van der Waals surface area contributed by atoms with E-state index in [1.54, 1.807) is 0 Å². The maximum atomic E-state index is 9.78. The van der Waals surface area contributed by atoms with Gasteiger partial charge in [0.15, 0.2) is 0 Å². The van der Waals surface area contributed by atoms with Crippen molar-refractivity contribution in [3.63, 3.8) is 0 Å². The van der Waals surface area contributed by atoms with Gasteiger partial charge in [-0.1, -0.05) is 33.1 Å². The average Bonchev–Trinajstić information content (AvgIpc) is 2.02. The zero-order valence-electron chi connectivity index (χ0n) is 8.92. The highest BCUT2D eigenvalue weighted by atomic mass is 16.3. The standard InChI is InChI=1S/C12H22O/c1-12(2)8-10(13)7-9-5-3-4-6-11(9)12/h9-11,13H,3-8H2,1-2H3. The van der Waals surface area contributed by atoms with Gasteiger partial charge in [-0.15, -0.1) is 0 Å². The molecule has 13 heavy (non-hydrogen) atoms. The second-order valence-corrected chi connectivity index (χ2v) is 5.73. The summed E-state index contributed by atoms with van der Waals surface area (Å²) in [5.41, 5.74) is 0.392. The van der Waals surface area contributed by atoms with E-state index in [0.717, 1.165) is 24.7 Å². The van der Waals surface area contributed by atoms with E-state index in [1.807, 2.05) is 0 Å². The SMILES string of the molecule is CC1(C)CC(O)CC2CCCCC21. The Hall–Kier alpha value is -0.0400. The molecule has 0 aromatic rings. The Bertz CT molecular complexity index is 186. The van der Waals surface area contributed by atoms with Gasteiger partial charge in [0.2, 0.25) is 0 Å². The number of hydrogen-bond acceptors (Lipinski definition) is 1. The number of aliphatic hydroxyl groups excluding tert-OH is 1. The number of rotatable bonds is 0. The lowest BCUT2D eigenvalue weighted by Gasteiger charge is -2.48. The van der Waals surface area contributed by atoms with Crippen LogP contribution in [0.15, 0.2) is 0 Å². The lowest BCUT2D eigenvalue weighted by atomic mass is 9.58. The monoisotopic (exact) mass is 182 g/mol. The number of hydrogen-bond donors (Lipinski definition) is 1. The van der Waals surface area contributed by atoms with E-state index in [1.165, 1.54) is 25.7 Å². The Morgan fingerprint density at radius 3 is 2.62 bits per heavy atom. The van der Waals surface area contributed by atoms with E-state index < -0.39 is 0 Å². The highest BCUT2D eigenvalue weighted by Gasteiger charge is 2.42. The molecule has 2 aliphatic carbocycles. The first-order valence-electron chi connectivity index (χ1n) is 5.78. The minimum absolute atomic E-state index is 0.0191. The van der Waals surface area contributed by atoms with Gasteiger partial charge >= 0.3 is 0 Å². The fraction of sp³-hybridized carbons (Fsp3) is 1.00. The Morgan fingerprint density at radius 2 is 1.85 bits per heavy atom. The Morgan fingerprint density at radius 1 is 1.15 bits per heavy atom. The summed E-state index contributed by atoms with van der Waals surface area (Å²) in [6.45, 7) is 4.69. The van der Waals surface area contributed by atoms with Crippen molar-refractivity contribution in [1.82, 2.24) is 0 Å². The van der Waals surface area contributed by atoms with Crippen LogP contribution in [-0.2, 0) is 0 Å². The molecule has 3 atom stereocenters. The van der Waals surface area contributed by atoms with Crippen molar-refractivity contribution in [3.05, 3.63) is 0 Å². The molecule has 1 nitrogen and oxygen atoms in total. The molecule has 0 amide bonds. The molecule has 0 heterocycles. The molecule has 2 saturated carbocycles. The highest BCUT2D eigenvalue weighted by molar-refractivity contribution is 4.93. The molecular formula is C12H22O. The largest absolute Gasteiger partial charge is 0.393 e. The van der Waals surface area contributed by atoms with Crippen molar-refractivity contribution in [2.45, 2.75) is 58.5 Å². The molecule has 3 unspecified atom stereocenters. The maximum Gasteiger partial charge on any atom is 0.0548 e. The molecule has 76 valence electrons. The predicted octanol–water partition coefficient (Wildman–Crippen LogP) is 2.97. The Labute approximate surface area is 81.5 Å². The van der Waals surface area contributed by atoms with Gasteiger partial charge in [-0.05, 0) is 36.5 Å². The van der Waals surface area contributed by atoms with Crippen LogP contribution in [0.4, 0.5) is 0 Å². The van der Waals surface area contributed by atoms with Crippen LogP contribution >= 0.6 is 0 Å². The fourth-order valence-electron chi connectivity index (χ4n) is 3.71. The van der Waals surface area contributed by atoms with E-state index in [9.17, 15) is 5.11 Å². The van der Waals surface area contributed by atoms with Gasteiger partial charge in [0.1, 0.15) is 0 Å². The first-order valence-corrected chi connectivity index (χ1v) is 5.78. The zero-order valence-corrected chi connectivity index (χ0v) is 8.92. The van der Waals surface area contributed by atoms with Gasteiger partial charge < -0.3 is 5.11 Å². The Balaban J connectivity index is 2.12. The second kappa shape index (κ2) is 3.27. The third kappa shape index (κ3) is 1.76. The van der Waals surface area contributed by atoms with E-state index in [-0.39, 0.29) is 6.10 Å². The van der Waals surface area contributed by atoms with Crippen molar-refractivity contribution in [2.24, 2.45) is 17.3 Å². The summed E-state index contributed by atoms with van der Waals surface area (Å²) >= 11 is 0. The molecule has 0 aliphatic heterocycles. The summed E-state index contributed by atoms with van der Waals surface area (Å²) in [5, 5.41) is 9.78. The van der Waals surface area contributed by atoms with Gasteiger partial charge in [-0.2, -0.15) is 0 Å².